The SMILES string of the molecule is COc1cc(C(=O)c2cccc(-c3cc(OC)c(OC)c(OC)c3)c2)cc(OC)c1OC. The minimum absolute atomic E-state index is 0.182. The lowest BCUT2D eigenvalue weighted by Crippen LogP contribution is -2.04. The summed E-state index contributed by atoms with van der Waals surface area (Å²) in [4.78, 5) is 13.3. The van der Waals surface area contributed by atoms with E-state index in [0.29, 0.717) is 45.6 Å². The predicted molar refractivity (Wildman–Crippen MR) is 121 cm³/mol. The van der Waals surface area contributed by atoms with E-state index in [1.807, 2.05) is 30.3 Å². The average Bonchev–Trinajstić information content (AvgIpc) is 2.86. The molecule has 0 N–H and O–H groups in total. The molecule has 0 bridgehead atoms. The Bertz CT molecular complexity index is 1070. The van der Waals surface area contributed by atoms with Gasteiger partial charge in [0, 0.05) is 11.1 Å². The Morgan fingerprint density at radius 1 is 0.531 bits per heavy atom. The lowest BCUT2D eigenvalue weighted by molar-refractivity contribution is 0.103. The van der Waals surface area contributed by atoms with Gasteiger partial charge in [0.1, 0.15) is 0 Å². The van der Waals surface area contributed by atoms with Gasteiger partial charge in [0.15, 0.2) is 28.8 Å². The molecule has 168 valence electrons. The van der Waals surface area contributed by atoms with Crippen molar-refractivity contribution in [3.63, 3.8) is 0 Å². The van der Waals surface area contributed by atoms with Crippen molar-refractivity contribution < 1.29 is 33.2 Å². The number of ketones is 1. The third-order valence-corrected chi connectivity index (χ3v) is 5.05. The van der Waals surface area contributed by atoms with E-state index in [0.717, 1.165) is 11.1 Å². The Balaban J connectivity index is 2.06. The molecule has 7 heteroatoms. The lowest BCUT2D eigenvalue weighted by Gasteiger charge is -2.15. The van der Waals surface area contributed by atoms with Crippen LogP contribution >= 0.6 is 0 Å². The van der Waals surface area contributed by atoms with Crippen LogP contribution in [0, 0.1) is 0 Å². The van der Waals surface area contributed by atoms with Gasteiger partial charge >= 0.3 is 0 Å². The quantitative estimate of drug-likeness (QED) is 0.451. The van der Waals surface area contributed by atoms with Gasteiger partial charge in [-0.2, -0.15) is 0 Å². The lowest BCUT2D eigenvalue weighted by atomic mass is 9.97. The maximum absolute atomic E-state index is 13.3. The zero-order valence-electron chi connectivity index (χ0n) is 19.0. The van der Waals surface area contributed by atoms with E-state index < -0.39 is 0 Å². The van der Waals surface area contributed by atoms with Crippen LogP contribution < -0.4 is 28.4 Å². The minimum Gasteiger partial charge on any atom is -0.493 e. The van der Waals surface area contributed by atoms with Gasteiger partial charge in [0.05, 0.1) is 42.7 Å². The van der Waals surface area contributed by atoms with Crippen LogP contribution in [-0.4, -0.2) is 48.4 Å². The Kier molecular flexibility index (Phi) is 7.10. The van der Waals surface area contributed by atoms with Crippen molar-refractivity contribution in [1.82, 2.24) is 0 Å². The molecule has 7 nitrogen and oxygen atoms in total. The molecule has 3 aromatic rings. The molecule has 0 aliphatic carbocycles. The topological polar surface area (TPSA) is 72.5 Å². The predicted octanol–water partition coefficient (Wildman–Crippen LogP) is 4.64. The molecule has 0 aromatic heterocycles. The maximum atomic E-state index is 13.3. The standard InChI is InChI=1S/C25H26O7/c1-27-19-11-17(12-20(28-2)24(19)31-5)15-8-7-9-16(10-15)23(26)18-13-21(29-3)25(32-6)22(14-18)30-4/h7-14H,1-6H3. The van der Waals surface area contributed by atoms with Gasteiger partial charge < -0.3 is 28.4 Å². The second kappa shape index (κ2) is 9.96. The Morgan fingerprint density at radius 3 is 1.44 bits per heavy atom. The highest BCUT2D eigenvalue weighted by Gasteiger charge is 2.19. The molecule has 3 aromatic carbocycles. The van der Waals surface area contributed by atoms with Gasteiger partial charge in [-0.15, -0.1) is 0 Å². The van der Waals surface area contributed by atoms with Crippen molar-refractivity contribution >= 4 is 5.78 Å². The van der Waals surface area contributed by atoms with Crippen LogP contribution in [0.3, 0.4) is 0 Å². The highest BCUT2D eigenvalue weighted by atomic mass is 16.5. The Labute approximate surface area is 187 Å². The summed E-state index contributed by atoms with van der Waals surface area (Å²) in [6.45, 7) is 0. The second-order valence-corrected chi connectivity index (χ2v) is 6.74. The molecule has 0 fully saturated rings. The van der Waals surface area contributed by atoms with Crippen LogP contribution in [-0.2, 0) is 0 Å². The van der Waals surface area contributed by atoms with E-state index in [4.69, 9.17) is 28.4 Å². The number of rotatable bonds is 9. The van der Waals surface area contributed by atoms with Gasteiger partial charge in [-0.3, -0.25) is 4.79 Å². The van der Waals surface area contributed by atoms with Crippen molar-refractivity contribution in [2.24, 2.45) is 0 Å². The van der Waals surface area contributed by atoms with Gasteiger partial charge in [0.2, 0.25) is 11.5 Å². The van der Waals surface area contributed by atoms with Crippen LogP contribution in [0.15, 0.2) is 48.5 Å². The molecule has 0 atom stereocenters. The summed E-state index contributed by atoms with van der Waals surface area (Å²) in [7, 11) is 9.21. The van der Waals surface area contributed by atoms with Crippen molar-refractivity contribution in [2.75, 3.05) is 42.7 Å². The summed E-state index contributed by atoms with van der Waals surface area (Å²) in [6, 6.07) is 14.2. The summed E-state index contributed by atoms with van der Waals surface area (Å²) < 4.78 is 32.4. The molecule has 0 radical (unpaired) electrons. The first-order chi connectivity index (χ1) is 15.5. The summed E-state index contributed by atoms with van der Waals surface area (Å²) in [5.74, 6) is 2.64. The summed E-state index contributed by atoms with van der Waals surface area (Å²) in [5.41, 5.74) is 2.56. The number of carbonyl (C=O) groups is 1. The maximum Gasteiger partial charge on any atom is 0.203 e. The zero-order valence-corrected chi connectivity index (χ0v) is 19.0. The summed E-state index contributed by atoms with van der Waals surface area (Å²) >= 11 is 0. The molecule has 0 unspecified atom stereocenters. The smallest absolute Gasteiger partial charge is 0.203 e. The van der Waals surface area contributed by atoms with Crippen LogP contribution in [0.1, 0.15) is 15.9 Å². The highest BCUT2D eigenvalue weighted by Crippen LogP contribution is 2.42. The average molecular weight is 438 g/mol. The second-order valence-electron chi connectivity index (χ2n) is 6.74. The molecule has 0 saturated heterocycles. The first-order valence-electron chi connectivity index (χ1n) is 9.76. The number of ether oxygens (including phenoxy) is 6. The molecule has 32 heavy (non-hydrogen) atoms. The third-order valence-electron chi connectivity index (χ3n) is 5.05. The molecular formula is C25H26O7. The van der Waals surface area contributed by atoms with E-state index in [1.165, 1.54) is 21.3 Å². The molecule has 0 aliphatic heterocycles. The van der Waals surface area contributed by atoms with Gasteiger partial charge in [-0.1, -0.05) is 18.2 Å². The first-order valence-corrected chi connectivity index (χ1v) is 9.76. The first kappa shape index (κ1) is 22.8. The molecule has 0 amide bonds. The number of methoxy groups -OCH3 is 6. The van der Waals surface area contributed by atoms with Crippen LogP contribution in [0.2, 0.25) is 0 Å². The van der Waals surface area contributed by atoms with Crippen molar-refractivity contribution in [1.29, 1.82) is 0 Å². The largest absolute Gasteiger partial charge is 0.493 e. The van der Waals surface area contributed by atoms with Gasteiger partial charge in [-0.05, 0) is 41.5 Å². The van der Waals surface area contributed by atoms with Crippen molar-refractivity contribution in [2.45, 2.75) is 0 Å². The van der Waals surface area contributed by atoms with Crippen LogP contribution in [0.25, 0.3) is 11.1 Å². The zero-order chi connectivity index (χ0) is 23.3. The fraction of sp³-hybridized carbons (Fsp3) is 0.240. The molecular weight excluding hydrogens is 412 g/mol. The Morgan fingerprint density at radius 2 is 1.00 bits per heavy atom. The third kappa shape index (κ3) is 4.27. The van der Waals surface area contributed by atoms with E-state index >= 15 is 0 Å². The molecule has 0 heterocycles. The molecule has 0 aliphatic rings. The van der Waals surface area contributed by atoms with E-state index in [9.17, 15) is 4.79 Å². The highest BCUT2D eigenvalue weighted by molar-refractivity contribution is 6.10. The summed E-state index contributed by atoms with van der Waals surface area (Å²) in [5, 5.41) is 0. The number of benzene rings is 3. The van der Waals surface area contributed by atoms with Crippen molar-refractivity contribution in [3.05, 3.63) is 59.7 Å². The number of hydrogen-bond donors (Lipinski definition) is 0. The van der Waals surface area contributed by atoms with Crippen LogP contribution in [0.4, 0.5) is 0 Å². The monoisotopic (exact) mass is 438 g/mol. The fourth-order valence-electron chi connectivity index (χ4n) is 3.47. The number of carbonyl (C=O) groups excluding carboxylic acids is 1. The van der Waals surface area contributed by atoms with E-state index in [2.05, 4.69) is 0 Å². The molecule has 0 spiro atoms. The molecule has 0 saturated carbocycles. The van der Waals surface area contributed by atoms with E-state index in [-0.39, 0.29) is 5.78 Å². The van der Waals surface area contributed by atoms with Crippen LogP contribution in [0.5, 0.6) is 34.5 Å². The van der Waals surface area contributed by atoms with Gasteiger partial charge in [-0.25, -0.2) is 0 Å². The number of hydrogen-bond acceptors (Lipinski definition) is 7. The van der Waals surface area contributed by atoms with E-state index in [1.54, 1.807) is 39.5 Å². The summed E-state index contributed by atoms with van der Waals surface area (Å²) in [6.07, 6.45) is 0. The van der Waals surface area contributed by atoms with Gasteiger partial charge in [0.25, 0.3) is 0 Å². The van der Waals surface area contributed by atoms with Crippen molar-refractivity contribution in [3.8, 4) is 45.6 Å². The minimum atomic E-state index is -0.182. The Hall–Kier alpha value is -3.87. The molecule has 3 rings (SSSR count). The normalized spacial score (nSPS) is 10.3. The fourth-order valence-corrected chi connectivity index (χ4v) is 3.47.